The smallest absolute Gasteiger partial charge is 0.252 e. The molecule has 0 saturated carbocycles. The lowest BCUT2D eigenvalue weighted by Gasteiger charge is -2.26. The molecule has 2 rings (SSSR count). The highest BCUT2D eigenvalue weighted by molar-refractivity contribution is 7.08. The number of nitrogens with one attached hydrogen (secondary N) is 1. The van der Waals surface area contributed by atoms with Crippen LogP contribution >= 0.6 is 11.3 Å². The second-order valence-electron chi connectivity index (χ2n) is 4.53. The van der Waals surface area contributed by atoms with Crippen LogP contribution in [0.1, 0.15) is 36.5 Å². The minimum Gasteiger partial charge on any atom is -0.350 e. The number of carbonyl (C=O) groups excluding carboxylic acids is 1. The second-order valence-corrected chi connectivity index (χ2v) is 5.31. The Morgan fingerprint density at radius 1 is 1.53 bits per heavy atom. The summed E-state index contributed by atoms with van der Waals surface area (Å²) in [5, 5.41) is 6.87. The summed E-state index contributed by atoms with van der Waals surface area (Å²) in [7, 11) is 0. The minimum absolute atomic E-state index is 0.0592. The largest absolute Gasteiger partial charge is 0.350 e. The van der Waals surface area contributed by atoms with Crippen molar-refractivity contribution < 1.29 is 4.79 Å². The van der Waals surface area contributed by atoms with Crippen LogP contribution in [0.25, 0.3) is 0 Å². The first-order valence-electron chi connectivity index (χ1n) is 6.35. The molecule has 1 aromatic heterocycles. The molecule has 0 bridgehead atoms. The fourth-order valence-electron chi connectivity index (χ4n) is 2.34. The number of nitrogens with zero attached hydrogens (tertiary/aromatic N) is 1. The van der Waals surface area contributed by atoms with Crippen LogP contribution in [0, 0.1) is 0 Å². The molecule has 1 saturated heterocycles. The standard InChI is InChI=1S/C13H20N2OS/c1-2-12(15-6-3-4-7-15)9-14-13(16)11-5-8-17-10-11/h5,8,10,12H,2-4,6-7,9H2,1H3,(H,14,16). The summed E-state index contributed by atoms with van der Waals surface area (Å²) in [6.07, 6.45) is 3.70. The zero-order valence-electron chi connectivity index (χ0n) is 10.3. The van der Waals surface area contributed by atoms with E-state index < -0.39 is 0 Å². The van der Waals surface area contributed by atoms with Crippen molar-refractivity contribution in [1.29, 1.82) is 0 Å². The zero-order valence-corrected chi connectivity index (χ0v) is 11.1. The number of hydrogen-bond acceptors (Lipinski definition) is 3. The predicted octanol–water partition coefficient (Wildman–Crippen LogP) is 2.35. The molecule has 1 aliphatic rings. The van der Waals surface area contributed by atoms with E-state index in [1.54, 1.807) is 11.3 Å². The Bertz CT molecular complexity index is 344. The molecule has 2 heterocycles. The first-order valence-corrected chi connectivity index (χ1v) is 7.30. The lowest BCUT2D eigenvalue weighted by molar-refractivity contribution is 0.0937. The Labute approximate surface area is 107 Å². The van der Waals surface area contributed by atoms with Crippen LogP contribution in [0.2, 0.25) is 0 Å². The van der Waals surface area contributed by atoms with E-state index in [-0.39, 0.29) is 5.91 Å². The van der Waals surface area contributed by atoms with Crippen LogP contribution in [0.4, 0.5) is 0 Å². The van der Waals surface area contributed by atoms with Gasteiger partial charge in [-0.15, -0.1) is 0 Å². The molecular weight excluding hydrogens is 232 g/mol. The monoisotopic (exact) mass is 252 g/mol. The van der Waals surface area contributed by atoms with E-state index in [9.17, 15) is 4.79 Å². The number of likely N-dealkylation sites (tertiary alicyclic amines) is 1. The summed E-state index contributed by atoms with van der Waals surface area (Å²) in [6.45, 7) is 5.34. The highest BCUT2D eigenvalue weighted by Crippen LogP contribution is 2.13. The van der Waals surface area contributed by atoms with Gasteiger partial charge in [0.1, 0.15) is 0 Å². The van der Waals surface area contributed by atoms with Gasteiger partial charge in [0.15, 0.2) is 0 Å². The van der Waals surface area contributed by atoms with Crippen molar-refractivity contribution in [2.75, 3.05) is 19.6 Å². The zero-order chi connectivity index (χ0) is 12.1. The second kappa shape index (κ2) is 6.17. The molecule has 1 amide bonds. The Kier molecular flexibility index (Phi) is 4.57. The number of carbonyl (C=O) groups is 1. The number of rotatable bonds is 5. The summed E-state index contributed by atoms with van der Waals surface area (Å²) in [4.78, 5) is 14.3. The van der Waals surface area contributed by atoms with Crippen LogP contribution in [-0.2, 0) is 0 Å². The van der Waals surface area contributed by atoms with E-state index in [1.807, 2.05) is 16.8 Å². The molecule has 1 aromatic rings. The van der Waals surface area contributed by atoms with Crippen LogP contribution in [-0.4, -0.2) is 36.5 Å². The van der Waals surface area contributed by atoms with E-state index >= 15 is 0 Å². The topological polar surface area (TPSA) is 32.3 Å². The highest BCUT2D eigenvalue weighted by Gasteiger charge is 2.20. The van der Waals surface area contributed by atoms with Gasteiger partial charge in [-0.25, -0.2) is 0 Å². The summed E-state index contributed by atoms with van der Waals surface area (Å²) in [6, 6.07) is 2.37. The molecule has 17 heavy (non-hydrogen) atoms. The van der Waals surface area contributed by atoms with Gasteiger partial charge in [0.25, 0.3) is 5.91 Å². The Balaban J connectivity index is 1.81. The van der Waals surface area contributed by atoms with Crippen LogP contribution < -0.4 is 5.32 Å². The van der Waals surface area contributed by atoms with Crippen molar-refractivity contribution in [2.24, 2.45) is 0 Å². The van der Waals surface area contributed by atoms with E-state index in [0.717, 1.165) is 18.5 Å². The molecule has 0 radical (unpaired) electrons. The quantitative estimate of drug-likeness (QED) is 0.872. The fourth-order valence-corrected chi connectivity index (χ4v) is 2.98. The molecule has 1 aliphatic heterocycles. The molecule has 0 aromatic carbocycles. The van der Waals surface area contributed by atoms with Crippen LogP contribution in [0.15, 0.2) is 16.8 Å². The SMILES string of the molecule is CCC(CNC(=O)c1ccsc1)N1CCCC1. The lowest BCUT2D eigenvalue weighted by Crippen LogP contribution is -2.42. The summed E-state index contributed by atoms with van der Waals surface area (Å²) < 4.78 is 0. The van der Waals surface area contributed by atoms with Gasteiger partial charge in [0.05, 0.1) is 0 Å². The molecule has 4 heteroatoms. The van der Waals surface area contributed by atoms with Crippen molar-refractivity contribution in [1.82, 2.24) is 10.2 Å². The van der Waals surface area contributed by atoms with Crippen LogP contribution in [0.3, 0.4) is 0 Å². The van der Waals surface area contributed by atoms with Gasteiger partial charge in [-0.2, -0.15) is 11.3 Å². The maximum absolute atomic E-state index is 11.8. The molecule has 0 aliphatic carbocycles. The van der Waals surface area contributed by atoms with Gasteiger partial charge >= 0.3 is 0 Å². The van der Waals surface area contributed by atoms with Gasteiger partial charge in [0.2, 0.25) is 0 Å². The van der Waals surface area contributed by atoms with Crippen molar-refractivity contribution in [2.45, 2.75) is 32.2 Å². The van der Waals surface area contributed by atoms with E-state index in [0.29, 0.717) is 6.04 Å². The van der Waals surface area contributed by atoms with Gasteiger partial charge in [-0.05, 0) is 43.8 Å². The normalized spacial score (nSPS) is 18.2. The van der Waals surface area contributed by atoms with Gasteiger partial charge in [-0.3, -0.25) is 9.69 Å². The van der Waals surface area contributed by atoms with Gasteiger partial charge in [0, 0.05) is 23.5 Å². The molecule has 1 N–H and O–H groups in total. The Morgan fingerprint density at radius 3 is 2.88 bits per heavy atom. The summed E-state index contributed by atoms with van der Waals surface area (Å²) >= 11 is 1.56. The first-order chi connectivity index (χ1) is 8.31. The maximum atomic E-state index is 11.8. The predicted molar refractivity (Wildman–Crippen MR) is 71.5 cm³/mol. The van der Waals surface area contributed by atoms with E-state index in [2.05, 4.69) is 17.1 Å². The summed E-state index contributed by atoms with van der Waals surface area (Å²) in [5.74, 6) is 0.0592. The maximum Gasteiger partial charge on any atom is 0.252 e. The van der Waals surface area contributed by atoms with Crippen molar-refractivity contribution in [3.63, 3.8) is 0 Å². The number of amides is 1. The van der Waals surface area contributed by atoms with Crippen molar-refractivity contribution in [3.8, 4) is 0 Å². The molecule has 3 nitrogen and oxygen atoms in total. The van der Waals surface area contributed by atoms with Crippen LogP contribution in [0.5, 0.6) is 0 Å². The lowest BCUT2D eigenvalue weighted by atomic mass is 10.2. The minimum atomic E-state index is 0.0592. The average Bonchev–Trinajstić information content (AvgIpc) is 3.02. The van der Waals surface area contributed by atoms with Gasteiger partial charge < -0.3 is 5.32 Å². The third kappa shape index (κ3) is 3.30. The molecule has 0 spiro atoms. The first kappa shape index (κ1) is 12.6. The Morgan fingerprint density at radius 2 is 2.29 bits per heavy atom. The van der Waals surface area contributed by atoms with E-state index in [4.69, 9.17) is 0 Å². The van der Waals surface area contributed by atoms with Crippen molar-refractivity contribution >= 4 is 17.2 Å². The highest BCUT2D eigenvalue weighted by atomic mass is 32.1. The molecule has 94 valence electrons. The fraction of sp³-hybridized carbons (Fsp3) is 0.615. The molecule has 1 atom stereocenters. The molecular formula is C13H20N2OS. The molecule has 1 unspecified atom stereocenters. The molecule has 1 fully saturated rings. The van der Waals surface area contributed by atoms with Crippen molar-refractivity contribution in [3.05, 3.63) is 22.4 Å². The third-order valence-electron chi connectivity index (χ3n) is 3.41. The van der Waals surface area contributed by atoms with E-state index in [1.165, 1.54) is 25.9 Å². The number of thiophene rings is 1. The van der Waals surface area contributed by atoms with Gasteiger partial charge in [-0.1, -0.05) is 6.92 Å². The Hall–Kier alpha value is -0.870. The summed E-state index contributed by atoms with van der Waals surface area (Å²) in [5.41, 5.74) is 0.784. The average molecular weight is 252 g/mol. The number of hydrogen-bond donors (Lipinski definition) is 1. The third-order valence-corrected chi connectivity index (χ3v) is 4.09.